The van der Waals surface area contributed by atoms with E-state index >= 15 is 0 Å². The number of nitrogens with one attached hydrogen (secondary N) is 1. The first-order valence-corrected chi connectivity index (χ1v) is 8.55. The third kappa shape index (κ3) is 3.57. The van der Waals surface area contributed by atoms with Crippen molar-refractivity contribution in [2.75, 3.05) is 11.8 Å². The predicted octanol–water partition coefficient (Wildman–Crippen LogP) is 3.88. The van der Waals surface area contributed by atoms with Crippen LogP contribution in [-0.2, 0) is 10.0 Å². The second-order valence-electron chi connectivity index (χ2n) is 4.74. The third-order valence-corrected chi connectivity index (χ3v) is 4.98. The number of hydrogen-bond acceptors (Lipinski definition) is 3. The fourth-order valence-corrected chi connectivity index (χ4v) is 3.76. The number of methoxy groups -OCH3 is 1. The van der Waals surface area contributed by atoms with Gasteiger partial charge in [0.15, 0.2) is 0 Å². The van der Waals surface area contributed by atoms with Crippen molar-refractivity contribution in [3.8, 4) is 5.75 Å². The topological polar surface area (TPSA) is 55.4 Å². The molecular formula is C15H16BrNO3S. The van der Waals surface area contributed by atoms with Crippen LogP contribution in [0.25, 0.3) is 0 Å². The Hall–Kier alpha value is -1.53. The summed E-state index contributed by atoms with van der Waals surface area (Å²) in [5, 5.41) is 0. The first-order chi connectivity index (χ1) is 9.83. The van der Waals surface area contributed by atoms with E-state index in [0.29, 0.717) is 15.9 Å². The standard InChI is InChI=1S/C15H16BrNO3S/c1-10-4-6-12(7-5-10)21(18,19)17-15-13(16)8-11(2)9-14(15)20-3/h4-9,17H,1-3H3. The van der Waals surface area contributed by atoms with Gasteiger partial charge >= 0.3 is 0 Å². The summed E-state index contributed by atoms with van der Waals surface area (Å²) in [6.07, 6.45) is 0. The molecule has 112 valence electrons. The Kier molecular flexibility index (Phi) is 4.58. The van der Waals surface area contributed by atoms with Gasteiger partial charge in [-0.05, 0) is 59.6 Å². The van der Waals surface area contributed by atoms with Gasteiger partial charge < -0.3 is 4.74 Å². The summed E-state index contributed by atoms with van der Waals surface area (Å²) in [5.41, 5.74) is 2.36. The van der Waals surface area contributed by atoms with Crippen molar-refractivity contribution in [2.24, 2.45) is 0 Å². The summed E-state index contributed by atoms with van der Waals surface area (Å²) in [4.78, 5) is 0.211. The highest BCUT2D eigenvalue weighted by atomic mass is 79.9. The molecule has 2 aromatic rings. The zero-order chi connectivity index (χ0) is 15.6. The molecule has 1 N–H and O–H groups in total. The van der Waals surface area contributed by atoms with Crippen LogP contribution >= 0.6 is 15.9 Å². The number of anilines is 1. The van der Waals surface area contributed by atoms with Crippen LogP contribution in [0.5, 0.6) is 5.75 Å². The first kappa shape index (κ1) is 15.9. The quantitative estimate of drug-likeness (QED) is 0.889. The number of hydrogen-bond donors (Lipinski definition) is 1. The van der Waals surface area contributed by atoms with E-state index in [0.717, 1.165) is 11.1 Å². The van der Waals surface area contributed by atoms with E-state index < -0.39 is 10.0 Å². The van der Waals surface area contributed by atoms with Gasteiger partial charge in [0.25, 0.3) is 10.0 Å². The average Bonchev–Trinajstić information content (AvgIpc) is 2.42. The third-order valence-electron chi connectivity index (χ3n) is 2.99. The van der Waals surface area contributed by atoms with Crippen LogP contribution in [-0.4, -0.2) is 15.5 Å². The molecule has 0 aliphatic heterocycles. The maximum atomic E-state index is 12.4. The average molecular weight is 370 g/mol. The van der Waals surface area contributed by atoms with E-state index in [1.807, 2.05) is 19.9 Å². The molecule has 0 fully saturated rings. The monoisotopic (exact) mass is 369 g/mol. The molecule has 0 saturated carbocycles. The zero-order valence-corrected chi connectivity index (χ0v) is 14.4. The molecule has 4 nitrogen and oxygen atoms in total. The Morgan fingerprint density at radius 3 is 2.24 bits per heavy atom. The van der Waals surface area contributed by atoms with E-state index in [2.05, 4.69) is 20.7 Å². The summed E-state index contributed by atoms with van der Waals surface area (Å²) in [7, 11) is -2.15. The minimum absolute atomic E-state index is 0.211. The maximum absolute atomic E-state index is 12.4. The Morgan fingerprint density at radius 2 is 1.67 bits per heavy atom. The van der Waals surface area contributed by atoms with Crippen LogP contribution in [0.15, 0.2) is 45.8 Å². The molecule has 0 aromatic heterocycles. The molecule has 0 aliphatic rings. The van der Waals surface area contributed by atoms with Gasteiger partial charge in [-0.2, -0.15) is 0 Å². The Bertz CT molecular complexity index is 755. The highest BCUT2D eigenvalue weighted by Crippen LogP contribution is 2.35. The molecule has 0 spiro atoms. The van der Waals surface area contributed by atoms with Crippen molar-refractivity contribution in [1.82, 2.24) is 0 Å². The van der Waals surface area contributed by atoms with Gasteiger partial charge in [0.05, 0.1) is 12.0 Å². The van der Waals surface area contributed by atoms with Crippen LogP contribution in [0.2, 0.25) is 0 Å². The zero-order valence-electron chi connectivity index (χ0n) is 12.0. The number of rotatable bonds is 4. The lowest BCUT2D eigenvalue weighted by Crippen LogP contribution is -2.14. The summed E-state index contributed by atoms with van der Waals surface area (Å²) in [6.45, 7) is 3.81. The first-order valence-electron chi connectivity index (χ1n) is 6.27. The van der Waals surface area contributed by atoms with Crippen molar-refractivity contribution in [3.05, 3.63) is 52.0 Å². The van der Waals surface area contributed by atoms with Gasteiger partial charge in [-0.25, -0.2) is 8.42 Å². The molecule has 0 bridgehead atoms. The fourth-order valence-electron chi connectivity index (χ4n) is 1.88. The number of benzene rings is 2. The summed E-state index contributed by atoms with van der Waals surface area (Å²) < 4.78 is 33.3. The van der Waals surface area contributed by atoms with Crippen LogP contribution in [0.4, 0.5) is 5.69 Å². The van der Waals surface area contributed by atoms with E-state index in [1.165, 1.54) is 7.11 Å². The predicted molar refractivity (Wildman–Crippen MR) is 87.4 cm³/mol. The Balaban J connectivity index is 2.44. The lowest BCUT2D eigenvalue weighted by atomic mass is 10.2. The Labute approximate surface area is 133 Å². The molecule has 21 heavy (non-hydrogen) atoms. The number of sulfonamides is 1. The van der Waals surface area contributed by atoms with Gasteiger partial charge in [0.1, 0.15) is 11.4 Å². The highest BCUT2D eigenvalue weighted by Gasteiger charge is 2.18. The van der Waals surface area contributed by atoms with Gasteiger partial charge in [-0.15, -0.1) is 0 Å². The van der Waals surface area contributed by atoms with Gasteiger partial charge in [-0.1, -0.05) is 17.7 Å². The van der Waals surface area contributed by atoms with E-state index in [1.54, 1.807) is 30.3 Å². The number of halogens is 1. The Morgan fingerprint density at radius 1 is 1.05 bits per heavy atom. The SMILES string of the molecule is COc1cc(C)cc(Br)c1NS(=O)(=O)c1ccc(C)cc1. The normalized spacial score (nSPS) is 11.2. The van der Waals surface area contributed by atoms with E-state index in [9.17, 15) is 8.42 Å². The molecule has 0 unspecified atom stereocenters. The molecule has 0 heterocycles. The fraction of sp³-hybridized carbons (Fsp3) is 0.200. The van der Waals surface area contributed by atoms with Crippen LogP contribution in [0.1, 0.15) is 11.1 Å². The van der Waals surface area contributed by atoms with Gasteiger partial charge in [-0.3, -0.25) is 4.72 Å². The molecule has 0 atom stereocenters. The van der Waals surface area contributed by atoms with Crippen molar-refractivity contribution in [1.29, 1.82) is 0 Å². The molecule has 6 heteroatoms. The minimum Gasteiger partial charge on any atom is -0.495 e. The van der Waals surface area contributed by atoms with Crippen LogP contribution in [0, 0.1) is 13.8 Å². The maximum Gasteiger partial charge on any atom is 0.262 e. The summed E-state index contributed by atoms with van der Waals surface area (Å²) in [6, 6.07) is 10.3. The van der Waals surface area contributed by atoms with Crippen molar-refractivity contribution in [3.63, 3.8) is 0 Å². The molecule has 0 radical (unpaired) electrons. The van der Waals surface area contributed by atoms with Crippen LogP contribution in [0.3, 0.4) is 0 Å². The summed E-state index contributed by atoms with van der Waals surface area (Å²) >= 11 is 3.37. The number of ether oxygens (including phenoxy) is 1. The molecular weight excluding hydrogens is 354 g/mol. The van der Waals surface area contributed by atoms with Crippen LogP contribution < -0.4 is 9.46 Å². The second-order valence-corrected chi connectivity index (χ2v) is 7.28. The van der Waals surface area contributed by atoms with Crippen molar-refractivity contribution < 1.29 is 13.2 Å². The van der Waals surface area contributed by atoms with Gasteiger partial charge in [0.2, 0.25) is 0 Å². The molecule has 2 rings (SSSR count). The smallest absolute Gasteiger partial charge is 0.262 e. The van der Waals surface area contributed by atoms with E-state index in [-0.39, 0.29) is 4.90 Å². The number of aryl methyl sites for hydroxylation is 2. The van der Waals surface area contributed by atoms with Crippen molar-refractivity contribution >= 4 is 31.6 Å². The lowest BCUT2D eigenvalue weighted by molar-refractivity contribution is 0.416. The second kappa shape index (κ2) is 6.07. The molecule has 0 saturated heterocycles. The molecule has 2 aromatic carbocycles. The molecule has 0 aliphatic carbocycles. The van der Waals surface area contributed by atoms with Gasteiger partial charge in [0, 0.05) is 4.47 Å². The van der Waals surface area contributed by atoms with E-state index in [4.69, 9.17) is 4.74 Å². The molecule has 0 amide bonds. The minimum atomic E-state index is -3.66. The lowest BCUT2D eigenvalue weighted by Gasteiger charge is -2.14. The summed E-state index contributed by atoms with van der Waals surface area (Å²) in [5.74, 6) is 0.470. The highest BCUT2D eigenvalue weighted by molar-refractivity contribution is 9.10. The largest absolute Gasteiger partial charge is 0.495 e. The van der Waals surface area contributed by atoms with Crippen molar-refractivity contribution in [2.45, 2.75) is 18.7 Å².